The van der Waals surface area contributed by atoms with Gasteiger partial charge < -0.3 is 16.3 Å². The van der Waals surface area contributed by atoms with Gasteiger partial charge in [0, 0.05) is 12.3 Å². The summed E-state index contributed by atoms with van der Waals surface area (Å²) in [5, 5.41) is 0. The van der Waals surface area contributed by atoms with Crippen LogP contribution in [0.2, 0.25) is 0 Å². The van der Waals surface area contributed by atoms with E-state index in [1.54, 1.807) is 0 Å². The summed E-state index contributed by atoms with van der Waals surface area (Å²) >= 11 is 0. The number of primary amides is 1. The molecular formula is C7H9N3O3. The number of carbonyl (C=O) groups excluding carboxylic acids is 1. The number of ether oxygens (including phenoxy) is 1. The summed E-state index contributed by atoms with van der Waals surface area (Å²) < 4.78 is 5.65. The van der Waals surface area contributed by atoms with Crippen LogP contribution >= 0.6 is 0 Å². The summed E-state index contributed by atoms with van der Waals surface area (Å²) in [4.78, 5) is 22.0. The molecule has 6 nitrogen and oxygen atoms in total. The lowest BCUT2D eigenvalue weighted by Crippen LogP contribution is -2.27. The Morgan fingerprint density at radius 2 is 2.23 bits per heavy atom. The topological polar surface area (TPSA) is 100 Å². The minimum absolute atomic E-state index is 0.141. The number of methoxy groups -OCH3 is 1. The zero-order chi connectivity index (χ0) is 10.0. The van der Waals surface area contributed by atoms with Crippen LogP contribution in [0.3, 0.4) is 0 Å². The number of nitrogen functional groups attached to an aromatic ring is 1. The fourth-order valence-electron chi connectivity index (χ4n) is 0.969. The third-order valence-electron chi connectivity index (χ3n) is 1.52. The Labute approximate surface area is 73.7 Å². The van der Waals surface area contributed by atoms with Crippen molar-refractivity contribution in [2.75, 3.05) is 13.0 Å². The van der Waals surface area contributed by atoms with Crippen LogP contribution in [-0.4, -0.2) is 17.7 Å². The minimum Gasteiger partial charge on any atom is -0.491 e. The van der Waals surface area contributed by atoms with Gasteiger partial charge in [-0.1, -0.05) is 0 Å². The Balaban J connectivity index is 3.53. The molecule has 13 heavy (non-hydrogen) atoms. The average Bonchev–Trinajstić information content (AvgIpc) is 2.07. The zero-order valence-corrected chi connectivity index (χ0v) is 6.98. The summed E-state index contributed by atoms with van der Waals surface area (Å²) in [5.41, 5.74) is 4.43. The monoisotopic (exact) mass is 183 g/mol. The SMILES string of the molecule is COc1c(C(N)=O)n(N)ccc1=O. The molecule has 1 aromatic heterocycles. The molecule has 6 heteroatoms. The smallest absolute Gasteiger partial charge is 0.271 e. The van der Waals surface area contributed by atoms with Crippen molar-refractivity contribution >= 4 is 5.91 Å². The third kappa shape index (κ3) is 1.46. The van der Waals surface area contributed by atoms with Crippen LogP contribution in [0, 0.1) is 0 Å². The van der Waals surface area contributed by atoms with Crippen molar-refractivity contribution in [2.24, 2.45) is 5.73 Å². The van der Waals surface area contributed by atoms with Crippen LogP contribution in [0.15, 0.2) is 17.1 Å². The van der Waals surface area contributed by atoms with Crippen LogP contribution in [0.5, 0.6) is 5.75 Å². The lowest BCUT2D eigenvalue weighted by atomic mass is 10.3. The summed E-state index contributed by atoms with van der Waals surface area (Å²) in [6.45, 7) is 0. The van der Waals surface area contributed by atoms with E-state index in [0.717, 1.165) is 4.68 Å². The first-order chi connectivity index (χ1) is 6.07. The molecular weight excluding hydrogens is 174 g/mol. The first kappa shape index (κ1) is 9.11. The number of carbonyl (C=O) groups is 1. The maximum absolute atomic E-state index is 11.1. The highest BCUT2D eigenvalue weighted by atomic mass is 16.5. The van der Waals surface area contributed by atoms with Crippen LogP contribution in [0.1, 0.15) is 10.5 Å². The van der Waals surface area contributed by atoms with Gasteiger partial charge in [-0.05, 0) is 0 Å². The standard InChI is InChI=1S/C7H9N3O3/c1-13-6-4(11)2-3-10(9)5(6)7(8)12/h2-3H,9H2,1H3,(H2,8,12). The largest absolute Gasteiger partial charge is 0.491 e. The predicted molar refractivity (Wildman–Crippen MR) is 45.9 cm³/mol. The van der Waals surface area contributed by atoms with Gasteiger partial charge in [0.25, 0.3) is 5.91 Å². The lowest BCUT2D eigenvalue weighted by molar-refractivity contribution is 0.0989. The second-order valence-corrected chi connectivity index (χ2v) is 2.33. The molecule has 0 aliphatic carbocycles. The fraction of sp³-hybridized carbons (Fsp3) is 0.143. The molecule has 1 rings (SSSR count). The van der Waals surface area contributed by atoms with Crippen LogP contribution in [-0.2, 0) is 0 Å². The highest BCUT2D eigenvalue weighted by molar-refractivity contribution is 5.93. The number of aromatic nitrogens is 1. The van der Waals surface area contributed by atoms with E-state index in [4.69, 9.17) is 16.3 Å². The molecule has 0 aliphatic rings. The number of pyridine rings is 1. The molecule has 70 valence electrons. The summed E-state index contributed by atoms with van der Waals surface area (Å²) in [7, 11) is 1.27. The minimum atomic E-state index is -0.808. The molecule has 0 atom stereocenters. The van der Waals surface area contributed by atoms with Gasteiger partial charge in [-0.2, -0.15) is 0 Å². The van der Waals surface area contributed by atoms with Crippen molar-refractivity contribution in [3.8, 4) is 5.75 Å². The second-order valence-electron chi connectivity index (χ2n) is 2.33. The van der Waals surface area contributed by atoms with Crippen LogP contribution in [0.25, 0.3) is 0 Å². The molecule has 0 spiro atoms. The van der Waals surface area contributed by atoms with E-state index in [9.17, 15) is 9.59 Å². The Hall–Kier alpha value is -1.98. The lowest BCUT2D eigenvalue weighted by Gasteiger charge is -2.08. The van der Waals surface area contributed by atoms with Crippen LogP contribution < -0.4 is 21.7 Å². The fourth-order valence-corrected chi connectivity index (χ4v) is 0.969. The highest BCUT2D eigenvalue weighted by Gasteiger charge is 2.15. The summed E-state index contributed by atoms with van der Waals surface area (Å²) in [5.74, 6) is 4.41. The number of nitrogens with two attached hydrogens (primary N) is 2. The average molecular weight is 183 g/mol. The van der Waals surface area contributed by atoms with E-state index >= 15 is 0 Å². The Kier molecular flexibility index (Phi) is 2.23. The van der Waals surface area contributed by atoms with E-state index in [2.05, 4.69) is 0 Å². The number of hydrogen-bond donors (Lipinski definition) is 2. The van der Waals surface area contributed by atoms with Crippen molar-refractivity contribution in [3.63, 3.8) is 0 Å². The zero-order valence-electron chi connectivity index (χ0n) is 6.98. The highest BCUT2D eigenvalue weighted by Crippen LogP contribution is 2.08. The molecule has 0 fully saturated rings. The maximum Gasteiger partial charge on any atom is 0.271 e. The van der Waals surface area contributed by atoms with Crippen LogP contribution in [0.4, 0.5) is 0 Å². The van der Waals surface area contributed by atoms with Gasteiger partial charge in [0.05, 0.1) is 7.11 Å². The predicted octanol–water partition coefficient (Wildman–Crippen LogP) is -1.33. The van der Waals surface area contributed by atoms with Gasteiger partial charge in [0.1, 0.15) is 0 Å². The second kappa shape index (κ2) is 3.18. The van der Waals surface area contributed by atoms with E-state index in [0.29, 0.717) is 0 Å². The van der Waals surface area contributed by atoms with E-state index < -0.39 is 11.3 Å². The maximum atomic E-state index is 11.1. The van der Waals surface area contributed by atoms with E-state index in [1.807, 2.05) is 0 Å². The van der Waals surface area contributed by atoms with Gasteiger partial charge in [0.15, 0.2) is 11.4 Å². The quantitative estimate of drug-likeness (QED) is 0.554. The molecule has 0 saturated carbocycles. The molecule has 1 amide bonds. The molecule has 1 aromatic rings. The molecule has 1 heterocycles. The van der Waals surface area contributed by atoms with Crippen molar-refractivity contribution < 1.29 is 9.53 Å². The molecule has 0 aromatic carbocycles. The number of rotatable bonds is 2. The number of amides is 1. The van der Waals surface area contributed by atoms with Crippen molar-refractivity contribution in [1.82, 2.24) is 4.68 Å². The van der Waals surface area contributed by atoms with Crippen molar-refractivity contribution in [3.05, 3.63) is 28.2 Å². The van der Waals surface area contributed by atoms with Gasteiger partial charge in [-0.3, -0.25) is 14.3 Å². The summed E-state index contributed by atoms with van der Waals surface area (Å²) in [6.07, 6.45) is 1.24. The molecule has 4 N–H and O–H groups in total. The van der Waals surface area contributed by atoms with Gasteiger partial charge in [-0.25, -0.2) is 0 Å². The Bertz CT molecular complexity index is 396. The van der Waals surface area contributed by atoms with Gasteiger partial charge >= 0.3 is 0 Å². The number of hydrogen-bond acceptors (Lipinski definition) is 4. The number of nitrogens with zero attached hydrogens (tertiary/aromatic N) is 1. The first-order valence-electron chi connectivity index (χ1n) is 3.42. The van der Waals surface area contributed by atoms with Crippen molar-refractivity contribution in [2.45, 2.75) is 0 Å². The Morgan fingerprint density at radius 1 is 1.62 bits per heavy atom. The third-order valence-corrected chi connectivity index (χ3v) is 1.52. The van der Waals surface area contributed by atoms with E-state index in [1.165, 1.54) is 19.4 Å². The van der Waals surface area contributed by atoms with Crippen molar-refractivity contribution in [1.29, 1.82) is 0 Å². The molecule has 0 bridgehead atoms. The van der Waals surface area contributed by atoms with E-state index in [-0.39, 0.29) is 11.4 Å². The summed E-state index contributed by atoms with van der Waals surface area (Å²) in [6, 6.07) is 1.19. The normalized spacial score (nSPS) is 9.62. The first-order valence-corrected chi connectivity index (χ1v) is 3.42. The molecule has 0 aliphatic heterocycles. The molecule has 0 unspecified atom stereocenters. The Morgan fingerprint density at radius 3 is 2.62 bits per heavy atom. The van der Waals surface area contributed by atoms with Gasteiger partial charge in [0.2, 0.25) is 5.43 Å². The van der Waals surface area contributed by atoms with Gasteiger partial charge in [-0.15, -0.1) is 0 Å². The molecule has 0 radical (unpaired) electrons. The molecule has 0 saturated heterocycles.